The minimum atomic E-state index is -0.735. The topological polar surface area (TPSA) is 65.0 Å². The van der Waals surface area contributed by atoms with Crippen LogP contribution >= 0.6 is 0 Å². The summed E-state index contributed by atoms with van der Waals surface area (Å²) in [6.45, 7) is 10.7. The second kappa shape index (κ2) is 7.03. The number of hydrogen-bond acceptors (Lipinski definition) is 5. The Hall–Kier alpha value is -1.97. The average Bonchev–Trinajstić information content (AvgIpc) is 2.97. The fourth-order valence-electron chi connectivity index (χ4n) is 7.42. The number of rotatable bonds is 2. The lowest BCUT2D eigenvalue weighted by Gasteiger charge is -2.62. The Morgan fingerprint density at radius 3 is 2.63 bits per heavy atom. The lowest BCUT2D eigenvalue weighted by molar-refractivity contribution is -0.189. The number of fused-ring (bicyclic) bond motifs is 5. The van der Waals surface area contributed by atoms with E-state index in [1.807, 2.05) is 6.08 Å². The van der Waals surface area contributed by atoms with Crippen LogP contribution in [0.3, 0.4) is 0 Å². The summed E-state index contributed by atoms with van der Waals surface area (Å²) in [6.07, 6.45) is 6.75. The van der Waals surface area contributed by atoms with Crippen LogP contribution in [0.4, 0.5) is 4.79 Å². The van der Waals surface area contributed by atoms with E-state index in [-0.39, 0.29) is 11.3 Å². The van der Waals surface area contributed by atoms with Crippen molar-refractivity contribution in [2.24, 2.45) is 28.6 Å². The first-order chi connectivity index (χ1) is 14.2. The molecule has 7 atom stereocenters. The summed E-state index contributed by atoms with van der Waals surface area (Å²) in [6, 6.07) is 0. The molecule has 0 heterocycles. The van der Waals surface area contributed by atoms with E-state index < -0.39 is 23.3 Å². The zero-order valence-electron chi connectivity index (χ0n) is 18.8. The minimum absolute atomic E-state index is 0.0112. The Morgan fingerprint density at radius 2 is 2.00 bits per heavy atom. The number of aliphatic hydroxyl groups is 1. The Morgan fingerprint density at radius 1 is 1.27 bits per heavy atom. The summed E-state index contributed by atoms with van der Waals surface area (Å²) >= 11 is 0. The molecule has 0 aromatic rings. The van der Waals surface area contributed by atoms with E-state index in [4.69, 9.17) is 14.2 Å². The molecule has 1 N–H and O–H groups in total. The van der Waals surface area contributed by atoms with Gasteiger partial charge < -0.3 is 19.3 Å². The lowest BCUT2D eigenvalue weighted by atomic mass is 9.45. The van der Waals surface area contributed by atoms with Crippen molar-refractivity contribution in [2.75, 3.05) is 14.2 Å². The highest BCUT2D eigenvalue weighted by Crippen LogP contribution is 2.69. The molecule has 164 valence electrons. The zero-order valence-corrected chi connectivity index (χ0v) is 18.8. The van der Waals surface area contributed by atoms with Gasteiger partial charge in [0.1, 0.15) is 17.5 Å². The second-order valence-corrected chi connectivity index (χ2v) is 10.0. The van der Waals surface area contributed by atoms with Crippen molar-refractivity contribution in [1.29, 1.82) is 0 Å². The Balaban J connectivity index is 1.87. The van der Waals surface area contributed by atoms with Crippen molar-refractivity contribution in [3.8, 4) is 0 Å². The highest BCUT2D eigenvalue weighted by atomic mass is 16.7. The SMILES string of the molecule is C=C=C1[C@@H](C)C[C@H]2[C@@H]3CC=C4C=C(OC)C(O)C[C@]4(C)[C@@]3(OC(=O)OC)CC[C@]12C. The van der Waals surface area contributed by atoms with Gasteiger partial charge in [-0.3, -0.25) is 0 Å². The molecule has 2 saturated carbocycles. The molecule has 0 amide bonds. The first-order valence-corrected chi connectivity index (χ1v) is 11.0. The molecular weight excluding hydrogens is 380 g/mol. The van der Waals surface area contributed by atoms with E-state index in [2.05, 4.69) is 39.2 Å². The molecule has 0 bridgehead atoms. The highest BCUT2D eigenvalue weighted by molar-refractivity contribution is 5.61. The van der Waals surface area contributed by atoms with Crippen LogP contribution in [0.1, 0.15) is 52.9 Å². The number of aliphatic hydroxyl groups excluding tert-OH is 1. The molecule has 5 heteroatoms. The van der Waals surface area contributed by atoms with Gasteiger partial charge in [-0.25, -0.2) is 4.79 Å². The molecular formula is C25H34O5. The maximum Gasteiger partial charge on any atom is 0.508 e. The molecule has 2 fully saturated rings. The second-order valence-electron chi connectivity index (χ2n) is 10.0. The average molecular weight is 415 g/mol. The maximum absolute atomic E-state index is 12.5. The molecule has 4 rings (SSSR count). The van der Waals surface area contributed by atoms with E-state index in [9.17, 15) is 9.90 Å². The van der Waals surface area contributed by atoms with Crippen molar-refractivity contribution in [3.05, 3.63) is 41.4 Å². The van der Waals surface area contributed by atoms with Gasteiger partial charge in [-0.05, 0) is 66.6 Å². The molecule has 0 aromatic carbocycles. The minimum Gasteiger partial charge on any atom is -0.498 e. The summed E-state index contributed by atoms with van der Waals surface area (Å²) in [5, 5.41) is 10.8. The normalized spacial score (nSPS) is 44.5. The standard InChI is InChI=1S/C25H34O5/c1-7-17-15(2)12-19-18-9-8-16-13-21(28-5)20(26)14-24(16,4)25(18,30-22(27)29-6)11-10-23(17,19)3/h8,13,15,18-20,26H,1,9-12,14H2,2-6H3/t15-,18-,19-,20?,23+,24-,25+/m0/s1. The van der Waals surface area contributed by atoms with Crippen molar-refractivity contribution in [1.82, 2.24) is 0 Å². The number of allylic oxidation sites excluding steroid dienone is 3. The van der Waals surface area contributed by atoms with Gasteiger partial charge in [0.05, 0.1) is 14.2 Å². The first kappa shape index (κ1) is 21.3. The molecule has 0 spiro atoms. The van der Waals surface area contributed by atoms with Crippen LogP contribution in [0.15, 0.2) is 41.4 Å². The van der Waals surface area contributed by atoms with Gasteiger partial charge in [-0.2, -0.15) is 0 Å². The fourth-order valence-corrected chi connectivity index (χ4v) is 7.42. The summed E-state index contributed by atoms with van der Waals surface area (Å²) in [7, 11) is 2.94. The van der Waals surface area contributed by atoms with E-state index in [0.29, 0.717) is 30.4 Å². The monoisotopic (exact) mass is 414 g/mol. The molecule has 0 saturated heterocycles. The third kappa shape index (κ3) is 2.61. The lowest BCUT2D eigenvalue weighted by Crippen LogP contribution is -2.64. The molecule has 4 aliphatic rings. The molecule has 0 aliphatic heterocycles. The third-order valence-electron chi connectivity index (χ3n) is 8.88. The number of ether oxygens (including phenoxy) is 3. The van der Waals surface area contributed by atoms with Crippen molar-refractivity contribution in [2.45, 2.75) is 64.6 Å². The van der Waals surface area contributed by atoms with Gasteiger partial charge in [0.25, 0.3) is 0 Å². The van der Waals surface area contributed by atoms with E-state index in [0.717, 1.165) is 24.8 Å². The summed E-state index contributed by atoms with van der Waals surface area (Å²) in [5.74, 6) is 1.48. The quantitative estimate of drug-likeness (QED) is 0.513. The maximum atomic E-state index is 12.5. The number of carbonyl (C=O) groups is 1. The van der Waals surface area contributed by atoms with Crippen LogP contribution in [0.25, 0.3) is 0 Å². The van der Waals surface area contributed by atoms with Crippen LogP contribution in [0, 0.1) is 28.6 Å². The van der Waals surface area contributed by atoms with E-state index >= 15 is 0 Å². The van der Waals surface area contributed by atoms with Gasteiger partial charge in [-0.1, -0.05) is 33.4 Å². The van der Waals surface area contributed by atoms with Crippen LogP contribution in [0.5, 0.6) is 0 Å². The van der Waals surface area contributed by atoms with E-state index in [1.54, 1.807) is 7.11 Å². The third-order valence-corrected chi connectivity index (χ3v) is 8.88. The highest BCUT2D eigenvalue weighted by Gasteiger charge is 2.68. The smallest absolute Gasteiger partial charge is 0.498 e. The van der Waals surface area contributed by atoms with Crippen LogP contribution in [-0.4, -0.2) is 37.2 Å². The largest absolute Gasteiger partial charge is 0.508 e. The van der Waals surface area contributed by atoms with Crippen LogP contribution < -0.4 is 0 Å². The van der Waals surface area contributed by atoms with Gasteiger partial charge in [0.2, 0.25) is 0 Å². The molecule has 4 aliphatic carbocycles. The van der Waals surface area contributed by atoms with Crippen molar-refractivity contribution >= 4 is 6.16 Å². The molecule has 0 aromatic heterocycles. The van der Waals surface area contributed by atoms with Gasteiger partial charge in [-0.15, -0.1) is 5.73 Å². The van der Waals surface area contributed by atoms with Crippen molar-refractivity contribution in [3.63, 3.8) is 0 Å². The molecule has 30 heavy (non-hydrogen) atoms. The number of carbonyl (C=O) groups excluding carboxylic acids is 1. The molecule has 1 unspecified atom stereocenters. The Kier molecular flexibility index (Phi) is 4.99. The van der Waals surface area contributed by atoms with Gasteiger partial charge in [0, 0.05) is 11.3 Å². The summed E-state index contributed by atoms with van der Waals surface area (Å²) < 4.78 is 16.6. The van der Waals surface area contributed by atoms with Gasteiger partial charge in [0.15, 0.2) is 0 Å². The summed E-state index contributed by atoms with van der Waals surface area (Å²) in [4.78, 5) is 12.5. The molecule has 0 radical (unpaired) electrons. The predicted molar refractivity (Wildman–Crippen MR) is 113 cm³/mol. The number of hydrogen-bond donors (Lipinski definition) is 1. The van der Waals surface area contributed by atoms with Crippen LogP contribution in [-0.2, 0) is 14.2 Å². The Labute approximate surface area is 179 Å². The summed E-state index contributed by atoms with van der Waals surface area (Å²) in [5.41, 5.74) is 4.40. The van der Waals surface area contributed by atoms with Gasteiger partial charge >= 0.3 is 6.16 Å². The zero-order chi connectivity index (χ0) is 21.9. The van der Waals surface area contributed by atoms with Crippen LogP contribution in [0.2, 0.25) is 0 Å². The molecule has 5 nitrogen and oxygen atoms in total. The van der Waals surface area contributed by atoms with Crippen molar-refractivity contribution < 1.29 is 24.1 Å². The first-order valence-electron chi connectivity index (χ1n) is 11.0. The fraction of sp³-hybridized carbons (Fsp3) is 0.680. The van der Waals surface area contributed by atoms with E-state index in [1.165, 1.54) is 12.7 Å². The number of methoxy groups -OCH3 is 2. The predicted octanol–water partition coefficient (Wildman–Crippen LogP) is 4.92. The Bertz CT molecular complexity index is 865.